The number of H-pyrrole nitrogens is 1. The second-order valence-electron chi connectivity index (χ2n) is 7.26. The Labute approximate surface area is 185 Å². The predicted molar refractivity (Wildman–Crippen MR) is 113 cm³/mol. The van der Waals surface area contributed by atoms with E-state index in [0.29, 0.717) is 5.75 Å². The van der Waals surface area contributed by atoms with Crippen molar-refractivity contribution in [2.75, 3.05) is 12.4 Å². The first-order chi connectivity index (χ1) is 15.6. The van der Waals surface area contributed by atoms with Gasteiger partial charge in [0.15, 0.2) is 17.4 Å². The zero-order chi connectivity index (χ0) is 22.1. The van der Waals surface area contributed by atoms with Crippen molar-refractivity contribution in [2.45, 2.75) is 35.2 Å². The molecule has 13 heteroatoms. The molecule has 3 N–H and O–H groups in total. The molecule has 4 heterocycles. The van der Waals surface area contributed by atoms with Gasteiger partial charge in [-0.1, -0.05) is 18.2 Å². The van der Waals surface area contributed by atoms with Crippen LogP contribution in [0.4, 0.5) is 0 Å². The first kappa shape index (κ1) is 20.9. The fourth-order valence-electron chi connectivity index (χ4n) is 3.61. The van der Waals surface area contributed by atoms with Crippen molar-refractivity contribution < 1.29 is 19.7 Å². The van der Waals surface area contributed by atoms with Crippen LogP contribution >= 0.6 is 11.8 Å². The maximum Gasteiger partial charge on any atom is 0.278 e. The number of fused-ring (bicyclic) bond motifs is 1. The second-order valence-corrected chi connectivity index (χ2v) is 8.31. The highest BCUT2D eigenvalue weighted by atomic mass is 32.2. The van der Waals surface area contributed by atoms with E-state index in [2.05, 4.69) is 30.4 Å². The molecule has 0 bridgehead atoms. The van der Waals surface area contributed by atoms with Gasteiger partial charge in [0.1, 0.15) is 18.3 Å². The largest absolute Gasteiger partial charge is 0.394 e. The van der Waals surface area contributed by atoms with Gasteiger partial charge in [0.2, 0.25) is 5.72 Å². The summed E-state index contributed by atoms with van der Waals surface area (Å²) in [5, 5.41) is 32.3. The fraction of sp³-hybridized carbons (Fsp3) is 0.368. The van der Waals surface area contributed by atoms with E-state index in [1.54, 1.807) is 0 Å². The molecular formula is C19H19N7O5S. The lowest BCUT2D eigenvalue weighted by Crippen LogP contribution is -2.45. The van der Waals surface area contributed by atoms with E-state index < -0.39 is 42.4 Å². The molecule has 166 valence electrons. The van der Waals surface area contributed by atoms with Gasteiger partial charge in [-0.05, 0) is 17.4 Å². The number of hydrogen-bond donors (Lipinski definition) is 3. The van der Waals surface area contributed by atoms with Gasteiger partial charge in [0, 0.05) is 4.90 Å². The number of benzene rings is 1. The van der Waals surface area contributed by atoms with Crippen molar-refractivity contribution in [1.29, 1.82) is 0 Å². The number of aliphatic hydroxyl groups excluding tert-OH is 2. The molecule has 2 aliphatic heterocycles. The van der Waals surface area contributed by atoms with Gasteiger partial charge in [-0.2, -0.15) is 0 Å². The van der Waals surface area contributed by atoms with Crippen molar-refractivity contribution in [3.63, 3.8) is 0 Å². The number of aromatic amines is 1. The van der Waals surface area contributed by atoms with Gasteiger partial charge in [0.05, 0.1) is 31.2 Å². The number of nitrogens with one attached hydrogen (secondary N) is 1. The second kappa shape index (κ2) is 8.52. The topological polar surface area (TPSA) is 160 Å². The first-order valence-corrected chi connectivity index (χ1v) is 10.8. The lowest BCUT2D eigenvalue weighted by Gasteiger charge is -2.29. The quantitative estimate of drug-likeness (QED) is 0.437. The lowest BCUT2D eigenvalue weighted by molar-refractivity contribution is -0.110. The molecule has 32 heavy (non-hydrogen) atoms. The molecule has 1 fully saturated rings. The van der Waals surface area contributed by atoms with Crippen molar-refractivity contribution in [3.8, 4) is 0 Å². The normalized spacial score (nSPS) is 29.3. The molecule has 3 aromatic rings. The van der Waals surface area contributed by atoms with Gasteiger partial charge >= 0.3 is 0 Å². The van der Waals surface area contributed by atoms with Crippen LogP contribution in [0.15, 0.2) is 68.1 Å². The SMILES string of the molecule is O=c1[nH]cnc2c1ncn2[C@@H]1O[C@H](CO)C(O)C1OC1(CSc2ccccc2)C=NN=N1. The Morgan fingerprint density at radius 3 is 2.88 bits per heavy atom. The minimum Gasteiger partial charge on any atom is -0.394 e. The van der Waals surface area contributed by atoms with E-state index in [1.807, 2.05) is 30.3 Å². The Morgan fingerprint density at radius 1 is 1.28 bits per heavy atom. The number of aromatic nitrogens is 4. The Hall–Kier alpha value is -2.97. The maximum atomic E-state index is 12.0. The molecule has 0 saturated carbocycles. The minimum absolute atomic E-state index is 0.119. The van der Waals surface area contributed by atoms with Gasteiger partial charge in [-0.25, -0.2) is 9.97 Å². The average Bonchev–Trinajstić information content (AvgIpc) is 3.53. The Morgan fingerprint density at radius 2 is 2.12 bits per heavy atom. The third-order valence-corrected chi connectivity index (χ3v) is 6.35. The fourth-order valence-corrected chi connectivity index (χ4v) is 4.53. The van der Waals surface area contributed by atoms with Gasteiger partial charge in [-0.3, -0.25) is 9.36 Å². The van der Waals surface area contributed by atoms with E-state index >= 15 is 0 Å². The molecule has 5 atom stereocenters. The van der Waals surface area contributed by atoms with Crippen LogP contribution in [0.25, 0.3) is 11.2 Å². The molecule has 5 rings (SSSR count). The molecule has 0 amide bonds. The third-order valence-electron chi connectivity index (χ3n) is 5.19. The zero-order valence-electron chi connectivity index (χ0n) is 16.6. The molecule has 2 aliphatic rings. The first-order valence-electron chi connectivity index (χ1n) is 9.77. The number of aliphatic hydroxyl groups is 2. The average molecular weight is 457 g/mol. The third kappa shape index (κ3) is 3.73. The van der Waals surface area contributed by atoms with Gasteiger partial charge in [0.25, 0.3) is 5.56 Å². The van der Waals surface area contributed by atoms with E-state index in [-0.39, 0.29) is 11.2 Å². The van der Waals surface area contributed by atoms with Crippen molar-refractivity contribution >= 4 is 29.1 Å². The van der Waals surface area contributed by atoms with Crippen molar-refractivity contribution in [3.05, 3.63) is 53.3 Å². The maximum absolute atomic E-state index is 12.0. The highest BCUT2D eigenvalue weighted by molar-refractivity contribution is 7.99. The number of imidazole rings is 1. The standard InChI is InChI=1S/C19H19N7O5S/c27-6-12-14(28)15(18(30-12)26-10-22-13-16(26)20-9-21-17(13)29)31-19(7-23-25-24-19)8-32-11-4-2-1-3-5-11/h1-5,7,9-10,12,14-15,18,27-28H,6,8H2,(H,20,21,29)/t12-,14?,15?,18-,19?/m1/s1. The van der Waals surface area contributed by atoms with Crippen LogP contribution in [0, 0.1) is 0 Å². The summed E-state index contributed by atoms with van der Waals surface area (Å²) in [6.45, 7) is -0.431. The van der Waals surface area contributed by atoms with Gasteiger partial charge in [-0.15, -0.1) is 22.0 Å². The summed E-state index contributed by atoms with van der Waals surface area (Å²) in [5.74, 6) is 0.340. The Bertz CT molecular complexity index is 1200. The molecule has 0 aliphatic carbocycles. The summed E-state index contributed by atoms with van der Waals surface area (Å²) in [7, 11) is 0. The molecular weight excluding hydrogens is 438 g/mol. The van der Waals surface area contributed by atoms with E-state index in [4.69, 9.17) is 9.47 Å². The summed E-state index contributed by atoms with van der Waals surface area (Å²) < 4.78 is 13.6. The molecule has 3 unspecified atom stereocenters. The monoisotopic (exact) mass is 457 g/mol. The molecule has 2 aromatic heterocycles. The Kier molecular flexibility index (Phi) is 5.57. The van der Waals surface area contributed by atoms with E-state index in [0.717, 1.165) is 4.90 Å². The van der Waals surface area contributed by atoms with Crippen molar-refractivity contribution in [2.24, 2.45) is 15.4 Å². The van der Waals surface area contributed by atoms with Crippen LogP contribution in [0.3, 0.4) is 0 Å². The lowest BCUT2D eigenvalue weighted by atomic mass is 10.1. The number of nitrogens with zero attached hydrogens (tertiary/aromatic N) is 6. The highest BCUT2D eigenvalue weighted by Crippen LogP contribution is 2.38. The summed E-state index contributed by atoms with van der Waals surface area (Å²) in [6.07, 6.45) is 0.0913. The van der Waals surface area contributed by atoms with Crippen LogP contribution in [-0.2, 0) is 9.47 Å². The van der Waals surface area contributed by atoms with E-state index in [1.165, 1.54) is 35.2 Å². The zero-order valence-corrected chi connectivity index (χ0v) is 17.4. The number of hydrogen-bond acceptors (Lipinski definition) is 11. The summed E-state index contributed by atoms with van der Waals surface area (Å²) in [5.41, 5.74) is -1.28. The number of rotatable bonds is 7. The summed E-state index contributed by atoms with van der Waals surface area (Å²) >= 11 is 1.49. The summed E-state index contributed by atoms with van der Waals surface area (Å²) in [6, 6.07) is 9.69. The highest BCUT2D eigenvalue weighted by Gasteiger charge is 2.50. The minimum atomic E-state index is -1.25. The molecule has 0 radical (unpaired) electrons. The van der Waals surface area contributed by atoms with Crippen LogP contribution < -0.4 is 5.56 Å². The smallest absolute Gasteiger partial charge is 0.278 e. The van der Waals surface area contributed by atoms with Crippen molar-refractivity contribution in [1.82, 2.24) is 19.5 Å². The van der Waals surface area contributed by atoms with Crippen LogP contribution in [0.1, 0.15) is 6.23 Å². The molecule has 12 nitrogen and oxygen atoms in total. The Balaban J connectivity index is 1.46. The van der Waals surface area contributed by atoms with Crippen LogP contribution in [0.5, 0.6) is 0 Å². The van der Waals surface area contributed by atoms with Crippen LogP contribution in [0.2, 0.25) is 0 Å². The molecule has 0 spiro atoms. The van der Waals surface area contributed by atoms with Gasteiger partial charge < -0.3 is 24.7 Å². The predicted octanol–water partition coefficient (Wildman–Crippen LogP) is 0.696. The van der Waals surface area contributed by atoms with E-state index in [9.17, 15) is 15.0 Å². The summed E-state index contributed by atoms with van der Waals surface area (Å²) in [4.78, 5) is 23.8. The number of ether oxygens (including phenoxy) is 2. The molecule has 1 saturated heterocycles. The number of thioether (sulfide) groups is 1. The van der Waals surface area contributed by atoms with Crippen LogP contribution in [-0.4, -0.2) is 72.3 Å². The molecule has 1 aromatic carbocycles.